The predicted octanol–water partition coefficient (Wildman–Crippen LogP) is 3.55. The van der Waals surface area contributed by atoms with Gasteiger partial charge in [-0.3, -0.25) is 9.59 Å². The second-order valence-electron chi connectivity index (χ2n) is 8.38. The summed E-state index contributed by atoms with van der Waals surface area (Å²) >= 11 is 0. The molecule has 1 aliphatic rings. The van der Waals surface area contributed by atoms with Crippen LogP contribution in [0.2, 0.25) is 0 Å². The lowest BCUT2D eigenvalue weighted by Gasteiger charge is -2.35. The minimum Gasteiger partial charge on any atom is -0.367 e. The van der Waals surface area contributed by atoms with Gasteiger partial charge in [-0.05, 0) is 66.3 Å². The number of hydrogen-bond acceptors (Lipinski definition) is 4. The normalized spacial score (nSPS) is 14.0. The zero-order chi connectivity index (χ0) is 23.0. The number of H-pyrrole nitrogens is 2. The average Bonchev–Trinajstić information content (AvgIpc) is 3.10. The fourth-order valence-electron chi connectivity index (χ4n) is 4.40. The molecule has 0 unspecified atom stereocenters. The number of aryl methyl sites for hydroxylation is 2. The van der Waals surface area contributed by atoms with E-state index in [-0.39, 0.29) is 18.0 Å². The van der Waals surface area contributed by atoms with Crippen molar-refractivity contribution in [1.82, 2.24) is 20.6 Å². The van der Waals surface area contributed by atoms with Crippen LogP contribution in [0.15, 0.2) is 17.1 Å². The van der Waals surface area contributed by atoms with E-state index in [2.05, 4.69) is 32.4 Å². The molecule has 0 radical (unpaired) electrons. The zero-order valence-corrected chi connectivity index (χ0v) is 19.9. The largest absolute Gasteiger partial charge is 0.367 e. The van der Waals surface area contributed by atoms with Crippen molar-refractivity contribution in [3.63, 3.8) is 0 Å². The first-order valence-corrected chi connectivity index (χ1v) is 11.3. The molecule has 0 spiro atoms. The van der Waals surface area contributed by atoms with Gasteiger partial charge in [0.15, 0.2) is 0 Å². The molecule has 1 saturated carbocycles. The number of aromatic nitrogens is 2. The molecule has 31 heavy (non-hydrogen) atoms. The molecule has 0 bridgehead atoms. The maximum absolute atomic E-state index is 12.8. The molecular weight excluding hydrogens is 390 g/mol. The maximum atomic E-state index is 12.8. The predicted molar refractivity (Wildman–Crippen MR) is 128 cm³/mol. The molecule has 172 valence electrons. The SMILES string of the molecule is CCN(c1c[nH]c(C(=O)NCc2c(C)cc(C)[nH]c2=O)c1C)C1CCCCC1.CNC. The van der Waals surface area contributed by atoms with Gasteiger partial charge in [0.05, 0.1) is 5.69 Å². The minimum atomic E-state index is -0.178. The third-order valence-electron chi connectivity index (χ3n) is 5.92. The van der Waals surface area contributed by atoms with Gasteiger partial charge in [0.2, 0.25) is 0 Å². The van der Waals surface area contributed by atoms with Crippen molar-refractivity contribution >= 4 is 11.6 Å². The highest BCUT2D eigenvalue weighted by Gasteiger charge is 2.24. The number of carbonyl (C=O) groups is 1. The second-order valence-corrected chi connectivity index (χ2v) is 8.38. The molecule has 0 aromatic carbocycles. The van der Waals surface area contributed by atoms with Crippen molar-refractivity contribution in [3.05, 3.63) is 50.7 Å². The van der Waals surface area contributed by atoms with Gasteiger partial charge in [-0.2, -0.15) is 0 Å². The van der Waals surface area contributed by atoms with E-state index in [1.807, 2.05) is 47.1 Å². The van der Waals surface area contributed by atoms with Gasteiger partial charge < -0.3 is 25.5 Å². The Morgan fingerprint density at radius 3 is 2.39 bits per heavy atom. The molecule has 1 amide bonds. The molecule has 0 saturated heterocycles. The van der Waals surface area contributed by atoms with E-state index >= 15 is 0 Å². The van der Waals surface area contributed by atoms with E-state index in [0.29, 0.717) is 17.3 Å². The Labute approximate surface area is 186 Å². The molecule has 7 nitrogen and oxygen atoms in total. The topological polar surface area (TPSA) is 93.0 Å². The molecule has 4 N–H and O–H groups in total. The number of rotatable bonds is 6. The lowest BCUT2D eigenvalue weighted by Crippen LogP contribution is -2.37. The van der Waals surface area contributed by atoms with Crippen molar-refractivity contribution in [2.24, 2.45) is 0 Å². The number of hydrogen-bond donors (Lipinski definition) is 4. The van der Waals surface area contributed by atoms with Crippen LogP contribution in [0.1, 0.15) is 71.9 Å². The van der Waals surface area contributed by atoms with Crippen LogP contribution in [-0.4, -0.2) is 42.6 Å². The molecule has 1 aliphatic carbocycles. The van der Waals surface area contributed by atoms with Crippen LogP contribution in [-0.2, 0) is 6.54 Å². The van der Waals surface area contributed by atoms with Crippen LogP contribution < -0.4 is 21.1 Å². The Hall–Kier alpha value is -2.54. The fourth-order valence-corrected chi connectivity index (χ4v) is 4.40. The lowest BCUT2D eigenvalue weighted by molar-refractivity contribution is 0.0945. The molecule has 2 heterocycles. The van der Waals surface area contributed by atoms with E-state index in [0.717, 1.165) is 29.1 Å². The van der Waals surface area contributed by atoms with Gasteiger partial charge in [0, 0.05) is 42.1 Å². The smallest absolute Gasteiger partial charge is 0.268 e. The van der Waals surface area contributed by atoms with Crippen LogP contribution in [0.5, 0.6) is 0 Å². The van der Waals surface area contributed by atoms with Gasteiger partial charge >= 0.3 is 0 Å². The fraction of sp³-hybridized carbons (Fsp3) is 0.583. The monoisotopic (exact) mass is 429 g/mol. The van der Waals surface area contributed by atoms with Crippen molar-refractivity contribution < 1.29 is 4.79 Å². The van der Waals surface area contributed by atoms with Crippen molar-refractivity contribution in [3.8, 4) is 0 Å². The van der Waals surface area contributed by atoms with Gasteiger partial charge in [-0.15, -0.1) is 0 Å². The highest BCUT2D eigenvalue weighted by Crippen LogP contribution is 2.30. The van der Waals surface area contributed by atoms with Crippen LogP contribution in [0.25, 0.3) is 0 Å². The molecule has 0 atom stereocenters. The molecular formula is C24H39N5O2. The summed E-state index contributed by atoms with van der Waals surface area (Å²) in [6.45, 7) is 9.07. The zero-order valence-electron chi connectivity index (χ0n) is 19.9. The highest BCUT2D eigenvalue weighted by molar-refractivity contribution is 5.95. The average molecular weight is 430 g/mol. The van der Waals surface area contributed by atoms with Crippen LogP contribution in [0.3, 0.4) is 0 Å². The summed E-state index contributed by atoms with van der Waals surface area (Å²) in [6.07, 6.45) is 8.27. The summed E-state index contributed by atoms with van der Waals surface area (Å²) in [5.41, 5.74) is 4.83. The number of anilines is 1. The number of pyridine rings is 1. The van der Waals surface area contributed by atoms with Crippen molar-refractivity contribution in [2.75, 3.05) is 25.5 Å². The summed E-state index contributed by atoms with van der Waals surface area (Å²) in [6, 6.07) is 2.47. The molecule has 3 rings (SSSR count). The van der Waals surface area contributed by atoms with Crippen LogP contribution in [0.4, 0.5) is 5.69 Å². The number of nitrogens with one attached hydrogen (secondary N) is 4. The van der Waals surface area contributed by atoms with E-state index < -0.39 is 0 Å². The molecule has 2 aromatic rings. The first-order chi connectivity index (χ1) is 14.8. The molecule has 1 fully saturated rings. The number of carbonyl (C=O) groups excluding carboxylic acids is 1. The number of aromatic amines is 2. The summed E-state index contributed by atoms with van der Waals surface area (Å²) in [5.74, 6) is -0.178. The summed E-state index contributed by atoms with van der Waals surface area (Å²) in [4.78, 5) is 33.3. The van der Waals surface area contributed by atoms with Crippen LogP contribution in [0, 0.1) is 20.8 Å². The van der Waals surface area contributed by atoms with Crippen molar-refractivity contribution in [2.45, 2.75) is 72.4 Å². The quantitative estimate of drug-likeness (QED) is 0.565. The Morgan fingerprint density at radius 2 is 1.81 bits per heavy atom. The Bertz CT molecular complexity index is 909. The van der Waals surface area contributed by atoms with Gasteiger partial charge in [0.25, 0.3) is 11.5 Å². The third kappa shape index (κ3) is 6.23. The Balaban J connectivity index is 0.00000107. The van der Waals surface area contributed by atoms with E-state index in [9.17, 15) is 9.59 Å². The van der Waals surface area contributed by atoms with Gasteiger partial charge in [-0.25, -0.2) is 0 Å². The molecule has 0 aliphatic heterocycles. The summed E-state index contributed by atoms with van der Waals surface area (Å²) < 4.78 is 0. The van der Waals surface area contributed by atoms with Gasteiger partial charge in [-0.1, -0.05) is 19.3 Å². The van der Waals surface area contributed by atoms with E-state index in [1.54, 1.807) is 0 Å². The van der Waals surface area contributed by atoms with Crippen molar-refractivity contribution in [1.29, 1.82) is 0 Å². The number of amides is 1. The highest BCUT2D eigenvalue weighted by atomic mass is 16.2. The van der Waals surface area contributed by atoms with E-state index in [4.69, 9.17) is 0 Å². The second kappa shape index (κ2) is 11.7. The standard InChI is InChI=1S/C22H32N4O2.C2H7N/c1-5-26(17-9-7-6-8-10-17)19-13-23-20(16(19)4)22(28)24-12-18-14(2)11-15(3)25-21(18)27;1-3-2/h11,13,17,23H,5-10,12H2,1-4H3,(H,24,28)(H,25,27);3H,1-2H3. The Morgan fingerprint density at radius 1 is 1.16 bits per heavy atom. The molecule has 2 aromatic heterocycles. The van der Waals surface area contributed by atoms with Gasteiger partial charge in [0.1, 0.15) is 5.69 Å². The van der Waals surface area contributed by atoms with Crippen LogP contribution >= 0.6 is 0 Å². The van der Waals surface area contributed by atoms with E-state index in [1.165, 1.54) is 32.1 Å². The summed E-state index contributed by atoms with van der Waals surface area (Å²) in [5, 5.41) is 5.65. The Kier molecular flexibility index (Phi) is 9.37. The summed E-state index contributed by atoms with van der Waals surface area (Å²) in [7, 11) is 3.75. The third-order valence-corrected chi connectivity index (χ3v) is 5.92. The first kappa shape index (κ1) is 24.7. The molecule has 7 heteroatoms. The minimum absolute atomic E-state index is 0.142. The first-order valence-electron chi connectivity index (χ1n) is 11.3. The maximum Gasteiger partial charge on any atom is 0.268 e. The number of nitrogens with zero attached hydrogens (tertiary/aromatic N) is 1. The lowest BCUT2D eigenvalue weighted by atomic mass is 9.93.